The highest BCUT2D eigenvalue weighted by Crippen LogP contribution is 2.19. The highest BCUT2D eigenvalue weighted by molar-refractivity contribution is 5.44. The van der Waals surface area contributed by atoms with E-state index in [1.807, 2.05) is 0 Å². The normalized spacial score (nSPS) is 8.47. The second kappa shape index (κ2) is 6.60. The van der Waals surface area contributed by atoms with E-state index in [0.29, 0.717) is 16.8 Å². The minimum Gasteiger partial charge on any atom is -0.0893 e. The van der Waals surface area contributed by atoms with Crippen molar-refractivity contribution in [2.45, 2.75) is 13.1 Å². The van der Waals surface area contributed by atoms with E-state index in [-0.39, 0.29) is 13.1 Å². The highest BCUT2D eigenvalue weighted by Gasteiger charge is 1.99. The Kier molecular flexibility index (Phi) is 4.74. The van der Waals surface area contributed by atoms with Crippen LogP contribution in [-0.2, 0) is 13.1 Å². The van der Waals surface area contributed by atoms with Crippen LogP contribution >= 0.6 is 0 Å². The molecule has 84 valence electrons. The largest absolute Gasteiger partial charge is 0.0893 e. The van der Waals surface area contributed by atoms with Crippen molar-refractivity contribution in [1.82, 2.24) is 0 Å². The molecular formula is C8H7N9. The van der Waals surface area contributed by atoms with Crippen molar-refractivity contribution in [2.24, 2.45) is 15.3 Å². The lowest BCUT2D eigenvalue weighted by molar-refractivity contribution is 1.01. The van der Waals surface area contributed by atoms with Gasteiger partial charge in [-0.3, -0.25) is 0 Å². The molecule has 0 unspecified atom stereocenters. The maximum atomic E-state index is 8.35. The Balaban J connectivity index is 3.11. The van der Waals surface area contributed by atoms with E-state index in [4.69, 9.17) is 16.6 Å². The van der Waals surface area contributed by atoms with E-state index in [2.05, 4.69) is 30.1 Å². The molecule has 0 bridgehead atoms. The Hall–Kier alpha value is -2.85. The number of hydrogen-bond donors (Lipinski definition) is 0. The number of rotatable bonds is 5. The van der Waals surface area contributed by atoms with Crippen molar-refractivity contribution >= 4 is 5.69 Å². The van der Waals surface area contributed by atoms with E-state index >= 15 is 0 Å². The van der Waals surface area contributed by atoms with Gasteiger partial charge in [0.15, 0.2) is 0 Å². The fourth-order valence-corrected chi connectivity index (χ4v) is 1.26. The van der Waals surface area contributed by atoms with Gasteiger partial charge in [-0.15, -0.1) is 0 Å². The first-order valence-electron chi connectivity index (χ1n) is 4.50. The lowest BCUT2D eigenvalue weighted by Gasteiger charge is -2.02. The molecule has 0 N–H and O–H groups in total. The molecule has 1 aromatic rings. The Morgan fingerprint density at radius 2 is 1.35 bits per heavy atom. The van der Waals surface area contributed by atoms with Gasteiger partial charge in [-0.25, -0.2) is 0 Å². The van der Waals surface area contributed by atoms with Crippen LogP contribution in [0.3, 0.4) is 0 Å². The van der Waals surface area contributed by atoms with Crippen LogP contribution in [0, 0.1) is 0 Å². The molecule has 0 saturated heterocycles. The first kappa shape index (κ1) is 12.2. The molecule has 0 aliphatic rings. The van der Waals surface area contributed by atoms with Gasteiger partial charge in [0.1, 0.15) is 0 Å². The van der Waals surface area contributed by atoms with Gasteiger partial charge < -0.3 is 0 Å². The fourth-order valence-electron chi connectivity index (χ4n) is 1.26. The van der Waals surface area contributed by atoms with Crippen LogP contribution in [0.15, 0.2) is 33.5 Å². The molecule has 1 aromatic carbocycles. The van der Waals surface area contributed by atoms with Gasteiger partial charge in [0, 0.05) is 20.4 Å². The third kappa shape index (κ3) is 4.03. The molecule has 0 aliphatic carbocycles. The van der Waals surface area contributed by atoms with Crippen molar-refractivity contribution in [3.8, 4) is 0 Å². The van der Waals surface area contributed by atoms with E-state index in [1.165, 1.54) is 0 Å². The molecule has 0 aromatic heterocycles. The zero-order chi connectivity index (χ0) is 12.5. The average Bonchev–Trinajstić information content (AvgIpc) is 2.34. The predicted octanol–water partition coefficient (Wildman–Crippen LogP) is 4.25. The summed E-state index contributed by atoms with van der Waals surface area (Å²) in [6.45, 7) is 0.295. The lowest BCUT2D eigenvalue weighted by atomic mass is 10.1. The number of hydrogen-bond acceptors (Lipinski definition) is 3. The van der Waals surface area contributed by atoms with Gasteiger partial charge in [0.2, 0.25) is 0 Å². The van der Waals surface area contributed by atoms with Gasteiger partial charge in [-0.2, -0.15) is 0 Å². The predicted molar refractivity (Wildman–Crippen MR) is 60.9 cm³/mol. The molecule has 0 heterocycles. The smallest absolute Gasteiger partial charge is 0.0511 e. The zero-order valence-electron chi connectivity index (χ0n) is 8.67. The van der Waals surface area contributed by atoms with E-state index in [0.717, 1.165) is 0 Å². The maximum Gasteiger partial charge on any atom is 0.0511 e. The number of azide groups is 3. The summed E-state index contributed by atoms with van der Waals surface area (Å²) >= 11 is 0. The van der Waals surface area contributed by atoms with Crippen LogP contribution < -0.4 is 0 Å². The molecule has 1 rings (SSSR count). The first-order valence-corrected chi connectivity index (χ1v) is 4.50. The van der Waals surface area contributed by atoms with Crippen molar-refractivity contribution in [1.29, 1.82) is 0 Å². The molecule has 17 heavy (non-hydrogen) atoms. The van der Waals surface area contributed by atoms with Gasteiger partial charge in [0.05, 0.1) is 13.1 Å². The molecule has 0 fully saturated rings. The third-order valence-electron chi connectivity index (χ3n) is 1.83. The summed E-state index contributed by atoms with van der Waals surface area (Å²) in [5, 5.41) is 10.3. The first-order chi connectivity index (χ1) is 8.30. The summed E-state index contributed by atoms with van der Waals surface area (Å²) in [7, 11) is 0. The Bertz CT molecular complexity index is 506. The lowest BCUT2D eigenvalue weighted by Crippen LogP contribution is -1.86. The molecule has 0 amide bonds. The maximum absolute atomic E-state index is 8.35. The van der Waals surface area contributed by atoms with Crippen LogP contribution in [0.1, 0.15) is 11.1 Å². The van der Waals surface area contributed by atoms with Crippen LogP contribution in [-0.4, -0.2) is 0 Å². The topological polar surface area (TPSA) is 146 Å². The SMILES string of the molecule is [N-]=[N+]=NCc1cc(CN=[N+]=[N-])cc(N=[N+]=[N-])c1. The number of benzene rings is 1. The average molecular weight is 229 g/mol. The molecule has 0 spiro atoms. The minimum atomic E-state index is 0.147. The summed E-state index contributed by atoms with van der Waals surface area (Å²) in [5.41, 5.74) is 26.6. The summed E-state index contributed by atoms with van der Waals surface area (Å²) in [5.74, 6) is 0. The third-order valence-corrected chi connectivity index (χ3v) is 1.83. The van der Waals surface area contributed by atoms with Gasteiger partial charge in [0.25, 0.3) is 0 Å². The minimum absolute atomic E-state index is 0.147. The van der Waals surface area contributed by atoms with E-state index in [9.17, 15) is 0 Å². The van der Waals surface area contributed by atoms with E-state index < -0.39 is 0 Å². The van der Waals surface area contributed by atoms with E-state index in [1.54, 1.807) is 18.2 Å². The summed E-state index contributed by atoms with van der Waals surface area (Å²) in [4.78, 5) is 7.94. The summed E-state index contributed by atoms with van der Waals surface area (Å²) in [6.07, 6.45) is 0. The Morgan fingerprint density at radius 3 is 1.76 bits per heavy atom. The molecule has 0 aliphatic heterocycles. The van der Waals surface area contributed by atoms with Gasteiger partial charge >= 0.3 is 0 Å². The molecule has 0 radical (unpaired) electrons. The van der Waals surface area contributed by atoms with Gasteiger partial charge in [-0.1, -0.05) is 21.4 Å². The molecular weight excluding hydrogens is 222 g/mol. The second-order valence-corrected chi connectivity index (χ2v) is 2.98. The molecule has 9 heteroatoms. The zero-order valence-corrected chi connectivity index (χ0v) is 8.67. The molecule has 9 nitrogen and oxygen atoms in total. The van der Waals surface area contributed by atoms with Crippen LogP contribution in [0.25, 0.3) is 31.3 Å². The number of nitrogens with zero attached hydrogens (tertiary/aromatic N) is 9. The quantitative estimate of drug-likeness (QED) is 0.403. The standard InChI is InChI=1S/C8H7N9/c9-15-12-4-6-1-7(5-13-16-10)3-8(2-6)14-17-11/h1-3H,4-5H2. The van der Waals surface area contributed by atoms with Crippen LogP contribution in [0.2, 0.25) is 0 Å². The second-order valence-electron chi connectivity index (χ2n) is 2.98. The summed E-state index contributed by atoms with van der Waals surface area (Å²) < 4.78 is 0. The van der Waals surface area contributed by atoms with Crippen LogP contribution in [0.4, 0.5) is 5.69 Å². The van der Waals surface area contributed by atoms with Crippen LogP contribution in [0.5, 0.6) is 0 Å². The summed E-state index contributed by atoms with van der Waals surface area (Å²) in [6, 6.07) is 4.93. The monoisotopic (exact) mass is 229 g/mol. The van der Waals surface area contributed by atoms with Crippen molar-refractivity contribution in [2.75, 3.05) is 0 Å². The van der Waals surface area contributed by atoms with Gasteiger partial charge in [-0.05, 0) is 39.9 Å². The van der Waals surface area contributed by atoms with Crippen molar-refractivity contribution in [3.63, 3.8) is 0 Å². The highest BCUT2D eigenvalue weighted by atomic mass is 15.1. The molecule has 0 atom stereocenters. The Labute approximate surface area is 95.6 Å². The Morgan fingerprint density at radius 1 is 0.824 bits per heavy atom. The fraction of sp³-hybridized carbons (Fsp3) is 0.250. The van der Waals surface area contributed by atoms with Crippen molar-refractivity contribution in [3.05, 3.63) is 60.7 Å². The van der Waals surface area contributed by atoms with Crippen molar-refractivity contribution < 1.29 is 0 Å². The molecule has 0 saturated carbocycles.